The van der Waals surface area contributed by atoms with Gasteiger partial charge in [0.15, 0.2) is 6.61 Å². The summed E-state index contributed by atoms with van der Waals surface area (Å²) in [6, 6.07) is 6.99. The number of carbonyl (C=O) groups is 2. The molecule has 6 heteroatoms. The average molecular weight is 323 g/mol. The van der Waals surface area contributed by atoms with Crippen LogP contribution in [0.15, 0.2) is 41.1 Å². The first-order chi connectivity index (χ1) is 9.08. The van der Waals surface area contributed by atoms with E-state index in [-0.39, 0.29) is 12.4 Å². The first-order valence-electron chi connectivity index (χ1n) is 5.51. The molecule has 1 aromatic carbocycles. The lowest BCUT2D eigenvalue weighted by molar-refractivity contribution is 0.0474. The predicted molar refractivity (Wildman–Crippen MR) is 72.0 cm³/mol. The van der Waals surface area contributed by atoms with Crippen molar-refractivity contribution in [3.05, 3.63) is 52.3 Å². The number of benzene rings is 1. The van der Waals surface area contributed by atoms with Gasteiger partial charge in [0.1, 0.15) is 0 Å². The van der Waals surface area contributed by atoms with Crippen molar-refractivity contribution >= 4 is 27.7 Å². The van der Waals surface area contributed by atoms with Crippen LogP contribution in [0.5, 0.6) is 0 Å². The number of nitrogens with zero attached hydrogens (tertiary/aromatic N) is 2. The van der Waals surface area contributed by atoms with Gasteiger partial charge in [-0.15, -0.1) is 0 Å². The molecule has 0 saturated heterocycles. The molecule has 0 aliphatic carbocycles. The molecule has 0 unspecified atom stereocenters. The first-order valence-corrected chi connectivity index (χ1v) is 6.30. The third-order valence-corrected chi connectivity index (χ3v) is 3.14. The minimum absolute atomic E-state index is 0.260. The number of halogens is 1. The summed E-state index contributed by atoms with van der Waals surface area (Å²) in [5.41, 5.74) is 0.809. The molecule has 0 N–H and O–H groups in total. The maximum atomic E-state index is 11.9. The van der Waals surface area contributed by atoms with Crippen molar-refractivity contribution < 1.29 is 14.3 Å². The van der Waals surface area contributed by atoms with Crippen LogP contribution in [0.3, 0.4) is 0 Å². The van der Waals surface area contributed by atoms with E-state index in [1.54, 1.807) is 25.2 Å². The van der Waals surface area contributed by atoms with Crippen LogP contribution in [0.2, 0.25) is 0 Å². The Balaban J connectivity index is 1.98. The van der Waals surface area contributed by atoms with Crippen molar-refractivity contribution in [1.82, 2.24) is 9.78 Å². The van der Waals surface area contributed by atoms with Crippen LogP contribution in [0, 0.1) is 0 Å². The van der Waals surface area contributed by atoms with Crippen LogP contribution in [-0.2, 0) is 11.8 Å². The molecule has 0 aliphatic rings. The number of aryl methyl sites for hydroxylation is 1. The van der Waals surface area contributed by atoms with Gasteiger partial charge in [-0.3, -0.25) is 9.48 Å². The molecular weight excluding hydrogens is 312 g/mol. The van der Waals surface area contributed by atoms with Crippen molar-refractivity contribution in [2.45, 2.75) is 0 Å². The summed E-state index contributed by atoms with van der Waals surface area (Å²) in [4.78, 5) is 23.5. The highest BCUT2D eigenvalue weighted by atomic mass is 79.9. The average Bonchev–Trinajstić information content (AvgIpc) is 2.83. The third-order valence-electron chi connectivity index (χ3n) is 2.45. The Morgan fingerprint density at radius 2 is 2.11 bits per heavy atom. The molecule has 1 aromatic heterocycles. The standard InChI is InChI=1S/C13H11BrN2O3/c1-16-7-9(6-15-16)13(18)19-8-12(17)10-4-2-3-5-11(10)14/h2-7H,8H2,1H3. The Bertz CT molecular complexity index is 622. The van der Waals surface area contributed by atoms with Crippen molar-refractivity contribution in [1.29, 1.82) is 0 Å². The summed E-state index contributed by atoms with van der Waals surface area (Å²) in [7, 11) is 1.70. The Hall–Kier alpha value is -1.95. The highest BCUT2D eigenvalue weighted by molar-refractivity contribution is 9.10. The summed E-state index contributed by atoms with van der Waals surface area (Å²) >= 11 is 3.28. The van der Waals surface area contributed by atoms with E-state index in [9.17, 15) is 9.59 Å². The molecule has 0 bridgehead atoms. The molecule has 98 valence electrons. The lowest BCUT2D eigenvalue weighted by Gasteiger charge is -2.04. The van der Waals surface area contributed by atoms with Gasteiger partial charge in [-0.25, -0.2) is 4.79 Å². The van der Waals surface area contributed by atoms with E-state index in [2.05, 4.69) is 21.0 Å². The molecular formula is C13H11BrN2O3. The quantitative estimate of drug-likeness (QED) is 0.639. The van der Waals surface area contributed by atoms with Gasteiger partial charge in [0, 0.05) is 23.3 Å². The fourth-order valence-corrected chi connectivity index (χ4v) is 2.01. The van der Waals surface area contributed by atoms with Crippen molar-refractivity contribution in [3.63, 3.8) is 0 Å². The van der Waals surface area contributed by atoms with Gasteiger partial charge >= 0.3 is 5.97 Å². The van der Waals surface area contributed by atoms with E-state index in [1.165, 1.54) is 17.1 Å². The second-order valence-electron chi connectivity index (χ2n) is 3.88. The second kappa shape index (κ2) is 5.79. The largest absolute Gasteiger partial charge is 0.454 e. The normalized spacial score (nSPS) is 10.2. The molecule has 0 spiro atoms. The van der Waals surface area contributed by atoms with Crippen molar-refractivity contribution in [2.24, 2.45) is 7.05 Å². The van der Waals surface area contributed by atoms with Gasteiger partial charge < -0.3 is 4.74 Å². The van der Waals surface area contributed by atoms with Crippen LogP contribution in [0.1, 0.15) is 20.7 Å². The molecule has 19 heavy (non-hydrogen) atoms. The van der Waals surface area contributed by atoms with Gasteiger partial charge in [0.25, 0.3) is 0 Å². The minimum Gasteiger partial charge on any atom is -0.454 e. The third kappa shape index (κ3) is 3.29. The highest BCUT2D eigenvalue weighted by Crippen LogP contribution is 2.16. The van der Waals surface area contributed by atoms with Gasteiger partial charge in [-0.1, -0.05) is 34.1 Å². The molecule has 1 heterocycles. The van der Waals surface area contributed by atoms with Gasteiger partial charge in [-0.05, 0) is 6.07 Å². The van der Waals surface area contributed by atoms with Crippen molar-refractivity contribution in [2.75, 3.05) is 6.61 Å². The zero-order valence-electron chi connectivity index (χ0n) is 10.2. The van der Waals surface area contributed by atoms with Crippen LogP contribution in [0.25, 0.3) is 0 Å². The Morgan fingerprint density at radius 1 is 1.37 bits per heavy atom. The maximum Gasteiger partial charge on any atom is 0.341 e. The molecule has 0 radical (unpaired) electrons. The summed E-state index contributed by atoms with van der Waals surface area (Å²) in [6.45, 7) is -0.295. The van der Waals surface area contributed by atoms with E-state index < -0.39 is 5.97 Å². The monoisotopic (exact) mass is 322 g/mol. The molecule has 5 nitrogen and oxygen atoms in total. The Morgan fingerprint density at radius 3 is 2.74 bits per heavy atom. The number of rotatable bonds is 4. The number of hydrogen-bond acceptors (Lipinski definition) is 4. The molecule has 2 rings (SSSR count). The van der Waals surface area contributed by atoms with E-state index >= 15 is 0 Å². The molecule has 0 aliphatic heterocycles. The number of hydrogen-bond donors (Lipinski definition) is 0. The van der Waals surface area contributed by atoms with E-state index in [0.717, 1.165) is 0 Å². The first kappa shape index (κ1) is 13.5. The van der Waals surface area contributed by atoms with E-state index in [0.29, 0.717) is 15.6 Å². The SMILES string of the molecule is Cn1cc(C(=O)OCC(=O)c2ccccc2Br)cn1. The summed E-state index contributed by atoms with van der Waals surface area (Å²) < 4.78 is 7.12. The number of carbonyl (C=O) groups excluding carboxylic acids is 2. The molecule has 2 aromatic rings. The predicted octanol–water partition coefficient (Wildman–Crippen LogP) is 2.22. The topological polar surface area (TPSA) is 61.2 Å². The molecule has 0 amide bonds. The summed E-state index contributed by atoms with van der Waals surface area (Å²) in [5.74, 6) is -0.821. The summed E-state index contributed by atoms with van der Waals surface area (Å²) in [5, 5.41) is 3.86. The molecule has 0 fully saturated rings. The number of aromatic nitrogens is 2. The van der Waals surface area contributed by atoms with E-state index in [1.807, 2.05) is 6.07 Å². The lowest BCUT2D eigenvalue weighted by Crippen LogP contribution is -2.14. The molecule has 0 saturated carbocycles. The minimum atomic E-state index is -0.562. The fraction of sp³-hybridized carbons (Fsp3) is 0.154. The number of esters is 1. The van der Waals surface area contributed by atoms with Crippen LogP contribution < -0.4 is 0 Å². The zero-order valence-corrected chi connectivity index (χ0v) is 11.8. The Kier molecular flexibility index (Phi) is 4.11. The second-order valence-corrected chi connectivity index (χ2v) is 4.74. The lowest BCUT2D eigenvalue weighted by atomic mass is 10.1. The van der Waals surface area contributed by atoms with Crippen LogP contribution in [-0.4, -0.2) is 28.1 Å². The van der Waals surface area contributed by atoms with Gasteiger partial charge in [0.2, 0.25) is 5.78 Å². The summed E-state index contributed by atoms with van der Waals surface area (Å²) in [6.07, 6.45) is 2.93. The highest BCUT2D eigenvalue weighted by Gasteiger charge is 2.14. The Labute approximate surface area is 118 Å². The van der Waals surface area contributed by atoms with Crippen molar-refractivity contribution in [3.8, 4) is 0 Å². The van der Waals surface area contributed by atoms with Crippen LogP contribution >= 0.6 is 15.9 Å². The maximum absolute atomic E-state index is 11.9. The van der Waals surface area contributed by atoms with E-state index in [4.69, 9.17) is 4.74 Å². The fourth-order valence-electron chi connectivity index (χ4n) is 1.51. The van der Waals surface area contributed by atoms with Crippen LogP contribution in [0.4, 0.5) is 0 Å². The number of ether oxygens (including phenoxy) is 1. The zero-order chi connectivity index (χ0) is 13.8. The number of ketones is 1. The van der Waals surface area contributed by atoms with Gasteiger partial charge in [-0.2, -0.15) is 5.10 Å². The molecule has 0 atom stereocenters. The number of Topliss-reactive ketones (excluding diaryl/α,β-unsaturated/α-hetero) is 1. The van der Waals surface area contributed by atoms with Gasteiger partial charge in [0.05, 0.1) is 11.8 Å². The smallest absolute Gasteiger partial charge is 0.341 e.